The van der Waals surface area contributed by atoms with Gasteiger partial charge < -0.3 is 9.80 Å². The Kier molecular flexibility index (Phi) is 5.00. The quantitative estimate of drug-likeness (QED) is 0.702. The zero-order valence-electron chi connectivity index (χ0n) is 18.5. The number of nitrogens with zero attached hydrogens (tertiary/aromatic N) is 3. The van der Waals surface area contributed by atoms with Crippen molar-refractivity contribution in [3.8, 4) is 0 Å². The molecule has 1 saturated carbocycles. The first-order valence-corrected chi connectivity index (χ1v) is 10.9. The average molecular weight is 424 g/mol. The highest BCUT2D eigenvalue weighted by Crippen LogP contribution is 2.55. The Balaban J connectivity index is 1.56. The summed E-state index contributed by atoms with van der Waals surface area (Å²) in [4.78, 5) is 22.0. The van der Waals surface area contributed by atoms with Crippen LogP contribution < -0.4 is 0 Å². The molecule has 1 spiro atoms. The maximum Gasteiger partial charge on any atom is 0.417 e. The largest absolute Gasteiger partial charge is 0.417 e. The Hall–Kier alpha value is -1.63. The topological polar surface area (TPSA) is 36.4 Å². The van der Waals surface area contributed by atoms with Crippen LogP contribution in [0.5, 0.6) is 0 Å². The molecule has 0 N–H and O–H groups in total. The van der Waals surface area contributed by atoms with Gasteiger partial charge in [0.25, 0.3) is 0 Å². The van der Waals surface area contributed by atoms with Gasteiger partial charge in [-0.2, -0.15) is 13.2 Å². The van der Waals surface area contributed by atoms with E-state index in [9.17, 15) is 18.0 Å². The summed E-state index contributed by atoms with van der Waals surface area (Å²) in [5.74, 6) is 0.310. The predicted molar refractivity (Wildman–Crippen MR) is 109 cm³/mol. The normalized spacial score (nSPS) is 31.6. The molecule has 166 valence electrons. The molecule has 1 aromatic heterocycles. The number of hydrogen-bond donors (Lipinski definition) is 0. The van der Waals surface area contributed by atoms with Crippen molar-refractivity contribution in [3.63, 3.8) is 0 Å². The van der Waals surface area contributed by atoms with E-state index in [1.54, 1.807) is 0 Å². The zero-order chi connectivity index (χ0) is 22.1. The zero-order valence-corrected chi connectivity index (χ0v) is 18.5. The van der Waals surface area contributed by atoms with Crippen molar-refractivity contribution in [1.29, 1.82) is 0 Å². The summed E-state index contributed by atoms with van der Waals surface area (Å²) in [6.45, 7) is 10.0. The highest BCUT2D eigenvalue weighted by atomic mass is 19.4. The molecular weight excluding hydrogens is 391 g/mol. The van der Waals surface area contributed by atoms with Crippen LogP contribution in [0.3, 0.4) is 0 Å². The van der Waals surface area contributed by atoms with Gasteiger partial charge in [0.05, 0.1) is 11.0 Å². The molecule has 4 rings (SSSR count). The van der Waals surface area contributed by atoms with E-state index in [1.807, 2.05) is 4.90 Å². The van der Waals surface area contributed by atoms with Crippen LogP contribution in [0.15, 0.2) is 12.3 Å². The molecule has 7 heteroatoms. The monoisotopic (exact) mass is 423 g/mol. The fourth-order valence-electron chi connectivity index (χ4n) is 6.05. The summed E-state index contributed by atoms with van der Waals surface area (Å²) >= 11 is 0. The SMILES string of the molecule is CC1C2Cc3ncc(C(F)(F)F)cc3CN2C(=O)[C@]12CC[C@@H](N(C)CC(C)(C)C)C2. The maximum atomic E-state index is 13.6. The van der Waals surface area contributed by atoms with Crippen LogP contribution in [0, 0.1) is 16.7 Å². The second kappa shape index (κ2) is 6.94. The molecule has 1 saturated heterocycles. The molecule has 0 radical (unpaired) electrons. The van der Waals surface area contributed by atoms with Gasteiger partial charge in [-0.05, 0) is 49.3 Å². The van der Waals surface area contributed by atoms with Crippen molar-refractivity contribution < 1.29 is 18.0 Å². The molecule has 1 aliphatic carbocycles. The summed E-state index contributed by atoms with van der Waals surface area (Å²) in [5, 5.41) is 0. The molecule has 0 aromatic carbocycles. The molecule has 2 fully saturated rings. The third-order valence-electron chi connectivity index (χ3n) is 7.54. The number of pyridine rings is 1. The van der Waals surface area contributed by atoms with E-state index in [-0.39, 0.29) is 29.8 Å². The van der Waals surface area contributed by atoms with E-state index in [0.29, 0.717) is 23.7 Å². The first-order valence-electron chi connectivity index (χ1n) is 10.9. The highest BCUT2D eigenvalue weighted by Gasteiger charge is 2.60. The number of rotatable bonds is 2. The van der Waals surface area contributed by atoms with Gasteiger partial charge >= 0.3 is 6.18 Å². The van der Waals surface area contributed by atoms with Crippen LogP contribution in [0.25, 0.3) is 0 Å². The van der Waals surface area contributed by atoms with Gasteiger partial charge in [-0.25, -0.2) is 0 Å². The summed E-state index contributed by atoms with van der Waals surface area (Å²) in [6.07, 6.45) is -0.254. The minimum atomic E-state index is -4.42. The number of aromatic nitrogens is 1. The standard InChI is InChI=1S/C23H32F3N3O/c1-14-19-9-18-15(8-16(11-27-18)23(24,25)26)12-29(19)20(30)22(14)7-6-17(10-22)28(5)13-21(2,3)4/h8,11,14,17,19H,6-7,9-10,12-13H2,1-5H3/t14?,17-,19?,22+/m1/s1. The van der Waals surface area contributed by atoms with E-state index < -0.39 is 17.2 Å². The predicted octanol–water partition coefficient (Wildman–Crippen LogP) is 4.52. The maximum absolute atomic E-state index is 13.6. The molecule has 1 amide bonds. The smallest absolute Gasteiger partial charge is 0.334 e. The lowest BCUT2D eigenvalue weighted by molar-refractivity contribution is -0.138. The number of alkyl halides is 3. The number of halogens is 3. The van der Waals surface area contributed by atoms with Gasteiger partial charge in [0.15, 0.2) is 0 Å². The molecule has 3 aliphatic rings. The Morgan fingerprint density at radius 1 is 1.30 bits per heavy atom. The molecule has 2 aliphatic heterocycles. The van der Waals surface area contributed by atoms with E-state index >= 15 is 0 Å². The van der Waals surface area contributed by atoms with Gasteiger partial charge in [0.1, 0.15) is 0 Å². The van der Waals surface area contributed by atoms with Gasteiger partial charge in [-0.1, -0.05) is 27.7 Å². The average Bonchev–Trinajstić information content (AvgIpc) is 3.16. The molecule has 1 aromatic rings. The summed E-state index contributed by atoms with van der Waals surface area (Å²) in [7, 11) is 2.14. The molecule has 0 bridgehead atoms. The van der Waals surface area contributed by atoms with Gasteiger partial charge in [0, 0.05) is 43.5 Å². The lowest BCUT2D eigenvalue weighted by atomic mass is 9.73. The minimum Gasteiger partial charge on any atom is -0.334 e. The van der Waals surface area contributed by atoms with Crippen molar-refractivity contribution in [2.45, 2.75) is 78.2 Å². The van der Waals surface area contributed by atoms with E-state index in [0.717, 1.165) is 32.0 Å². The summed E-state index contributed by atoms with van der Waals surface area (Å²) < 4.78 is 39.3. The van der Waals surface area contributed by atoms with E-state index in [1.165, 1.54) is 6.07 Å². The Bertz CT molecular complexity index is 847. The van der Waals surface area contributed by atoms with Crippen LogP contribution in [0.1, 0.15) is 63.8 Å². The Labute approximate surface area is 176 Å². The molecule has 30 heavy (non-hydrogen) atoms. The molecule has 3 heterocycles. The van der Waals surface area contributed by atoms with Crippen molar-refractivity contribution in [1.82, 2.24) is 14.8 Å². The number of carbonyl (C=O) groups is 1. The van der Waals surface area contributed by atoms with Crippen LogP contribution >= 0.6 is 0 Å². The second-order valence-electron chi connectivity index (χ2n) is 10.8. The third kappa shape index (κ3) is 3.53. The van der Waals surface area contributed by atoms with Gasteiger partial charge in [0.2, 0.25) is 5.91 Å². The van der Waals surface area contributed by atoms with Crippen LogP contribution in [0.2, 0.25) is 0 Å². The number of hydrogen-bond acceptors (Lipinski definition) is 3. The summed E-state index contributed by atoms with van der Waals surface area (Å²) in [5.41, 5.74) is 0.310. The van der Waals surface area contributed by atoms with Gasteiger partial charge in [-0.3, -0.25) is 9.78 Å². The number of carbonyl (C=O) groups excluding carboxylic acids is 1. The first kappa shape index (κ1) is 21.6. The van der Waals surface area contributed by atoms with Crippen LogP contribution in [-0.4, -0.2) is 46.4 Å². The van der Waals surface area contributed by atoms with Crippen LogP contribution in [-0.2, 0) is 23.9 Å². The van der Waals surface area contributed by atoms with Gasteiger partial charge in [-0.15, -0.1) is 0 Å². The lowest BCUT2D eigenvalue weighted by Crippen LogP contribution is -2.41. The second-order valence-corrected chi connectivity index (χ2v) is 10.8. The number of fused-ring (bicyclic) bond motifs is 2. The molecule has 2 unspecified atom stereocenters. The third-order valence-corrected chi connectivity index (χ3v) is 7.54. The number of amides is 1. The van der Waals surface area contributed by atoms with Crippen molar-refractivity contribution in [2.24, 2.45) is 16.7 Å². The summed E-state index contributed by atoms with van der Waals surface area (Å²) in [6, 6.07) is 1.57. The molecular formula is C23H32F3N3O. The lowest BCUT2D eigenvalue weighted by Gasteiger charge is -2.33. The van der Waals surface area contributed by atoms with E-state index in [4.69, 9.17) is 0 Å². The highest BCUT2D eigenvalue weighted by molar-refractivity contribution is 5.87. The van der Waals surface area contributed by atoms with E-state index in [2.05, 4.69) is 44.6 Å². The van der Waals surface area contributed by atoms with Crippen molar-refractivity contribution in [3.05, 3.63) is 29.1 Å². The molecule has 4 atom stereocenters. The fraction of sp³-hybridized carbons (Fsp3) is 0.739. The first-order chi connectivity index (χ1) is 13.8. The molecule has 4 nitrogen and oxygen atoms in total. The Morgan fingerprint density at radius 3 is 2.63 bits per heavy atom. The van der Waals surface area contributed by atoms with Crippen molar-refractivity contribution in [2.75, 3.05) is 13.6 Å². The fourth-order valence-corrected chi connectivity index (χ4v) is 6.05. The van der Waals surface area contributed by atoms with Crippen LogP contribution in [0.4, 0.5) is 13.2 Å². The van der Waals surface area contributed by atoms with Crippen molar-refractivity contribution >= 4 is 5.91 Å². The minimum absolute atomic E-state index is 0.0286. The Morgan fingerprint density at radius 2 is 2.00 bits per heavy atom.